The van der Waals surface area contributed by atoms with Crippen LogP contribution in [-0.4, -0.2) is 63.1 Å². The Morgan fingerprint density at radius 1 is 1.26 bits per heavy atom. The number of carbonyl (C=O) groups excluding carboxylic acids is 1. The van der Waals surface area contributed by atoms with Gasteiger partial charge in [-0.3, -0.25) is 4.79 Å². The summed E-state index contributed by atoms with van der Waals surface area (Å²) in [6.45, 7) is -0.571. The van der Waals surface area contributed by atoms with Gasteiger partial charge >= 0.3 is 0 Å². The number of hydrogen-bond donors (Lipinski definition) is 2. The first-order chi connectivity index (χ1) is 16.2. The van der Waals surface area contributed by atoms with Crippen LogP contribution in [0.5, 0.6) is 0 Å². The number of ether oxygens (including phenoxy) is 1. The maximum atomic E-state index is 13.6. The molecule has 1 aromatic heterocycles. The monoisotopic (exact) mass is 496 g/mol. The van der Waals surface area contributed by atoms with Gasteiger partial charge in [-0.05, 0) is 30.3 Å². The van der Waals surface area contributed by atoms with Crippen LogP contribution < -0.4 is 4.90 Å². The molecule has 0 radical (unpaired) electrons. The Morgan fingerprint density at radius 2 is 1.97 bits per heavy atom. The number of anilines is 1. The number of halogens is 4. The van der Waals surface area contributed by atoms with Crippen LogP contribution in [0.15, 0.2) is 42.6 Å². The first-order valence-corrected chi connectivity index (χ1v) is 10.6. The number of amides is 1. The summed E-state index contributed by atoms with van der Waals surface area (Å²) in [6, 6.07) is 7.33. The minimum absolute atomic E-state index is 0.0240. The van der Waals surface area contributed by atoms with Crippen molar-refractivity contribution in [1.82, 2.24) is 15.0 Å². The summed E-state index contributed by atoms with van der Waals surface area (Å²) in [7, 11) is 1.54. The van der Waals surface area contributed by atoms with Crippen LogP contribution in [0, 0.1) is 17.5 Å². The molecule has 34 heavy (non-hydrogen) atoms. The predicted octanol–water partition coefficient (Wildman–Crippen LogP) is 2.73. The van der Waals surface area contributed by atoms with Crippen molar-refractivity contribution in [2.75, 3.05) is 18.6 Å². The second-order valence-corrected chi connectivity index (χ2v) is 8.29. The molecule has 8 nitrogen and oxygen atoms in total. The Kier molecular flexibility index (Phi) is 6.89. The summed E-state index contributed by atoms with van der Waals surface area (Å²) >= 11 is 6.01. The van der Waals surface area contributed by atoms with Gasteiger partial charge in [0.25, 0.3) is 5.91 Å². The molecule has 1 aliphatic heterocycles. The molecular weight excluding hydrogens is 477 g/mol. The van der Waals surface area contributed by atoms with Gasteiger partial charge in [-0.1, -0.05) is 22.9 Å². The standard InChI is InChI=1S/C22H20ClF3N4O4/c1-29(13-4-2-3-12(23)7-13)22(33)18-8-17(21(32)19(10-31)34-18)30-9-16(27-28-30)11-5-14(24)20(26)15(25)6-11/h2-7,9,17-19,21,31-32H,8,10H2,1H3/t17-,18-,19-,21-/m1/s1. The van der Waals surface area contributed by atoms with Gasteiger partial charge in [0, 0.05) is 29.7 Å². The van der Waals surface area contributed by atoms with E-state index in [1.165, 1.54) is 22.8 Å². The van der Waals surface area contributed by atoms with E-state index in [2.05, 4.69) is 10.3 Å². The van der Waals surface area contributed by atoms with Crippen molar-refractivity contribution >= 4 is 23.2 Å². The van der Waals surface area contributed by atoms with Crippen LogP contribution in [0.2, 0.25) is 5.02 Å². The third kappa shape index (κ3) is 4.64. The van der Waals surface area contributed by atoms with E-state index in [4.69, 9.17) is 16.3 Å². The van der Waals surface area contributed by atoms with Crippen molar-refractivity contribution in [3.63, 3.8) is 0 Å². The van der Waals surface area contributed by atoms with Crippen molar-refractivity contribution in [3.05, 3.63) is 65.1 Å². The lowest BCUT2D eigenvalue weighted by Crippen LogP contribution is -2.52. The highest BCUT2D eigenvalue weighted by atomic mass is 35.5. The summed E-state index contributed by atoms with van der Waals surface area (Å²) in [4.78, 5) is 14.5. The van der Waals surface area contributed by atoms with Crippen LogP contribution in [0.4, 0.5) is 18.9 Å². The Balaban J connectivity index is 1.60. The molecule has 3 aromatic rings. The third-order valence-electron chi connectivity index (χ3n) is 5.68. The molecule has 0 bridgehead atoms. The second-order valence-electron chi connectivity index (χ2n) is 7.85. The maximum absolute atomic E-state index is 13.6. The molecule has 0 unspecified atom stereocenters. The minimum atomic E-state index is -1.60. The summed E-state index contributed by atoms with van der Waals surface area (Å²) in [5.74, 6) is -4.82. The Morgan fingerprint density at radius 3 is 2.62 bits per heavy atom. The highest BCUT2D eigenvalue weighted by Gasteiger charge is 2.42. The van der Waals surface area contributed by atoms with Gasteiger partial charge in [0.2, 0.25) is 0 Å². The number of rotatable bonds is 5. The van der Waals surface area contributed by atoms with E-state index in [9.17, 15) is 28.2 Å². The number of hydrogen-bond acceptors (Lipinski definition) is 6. The molecule has 12 heteroatoms. The molecule has 2 aromatic carbocycles. The minimum Gasteiger partial charge on any atom is -0.394 e. The molecule has 1 fully saturated rings. The van der Waals surface area contributed by atoms with Gasteiger partial charge < -0.3 is 19.8 Å². The Hall–Kier alpha value is -2.99. The lowest BCUT2D eigenvalue weighted by atomic mass is 9.94. The SMILES string of the molecule is CN(C(=O)[C@H]1C[C@@H](n2cc(-c3cc(F)c(F)c(F)c3)nn2)[C@@H](O)[C@@H](CO)O1)c1cccc(Cl)c1. The number of benzene rings is 2. The molecular formula is C22H20ClF3N4O4. The largest absolute Gasteiger partial charge is 0.394 e. The number of nitrogens with zero attached hydrogens (tertiary/aromatic N) is 4. The van der Waals surface area contributed by atoms with Crippen LogP contribution in [0.25, 0.3) is 11.3 Å². The average molecular weight is 497 g/mol. The average Bonchev–Trinajstić information content (AvgIpc) is 3.31. The highest BCUT2D eigenvalue weighted by molar-refractivity contribution is 6.30. The van der Waals surface area contributed by atoms with Gasteiger partial charge in [-0.15, -0.1) is 5.10 Å². The molecule has 1 amide bonds. The van der Waals surface area contributed by atoms with Gasteiger partial charge in [0.15, 0.2) is 17.5 Å². The first kappa shape index (κ1) is 24.1. The topological polar surface area (TPSA) is 101 Å². The number of aliphatic hydroxyl groups excluding tert-OH is 2. The molecule has 1 aliphatic rings. The maximum Gasteiger partial charge on any atom is 0.255 e. The summed E-state index contributed by atoms with van der Waals surface area (Å²) in [6.07, 6.45) is -2.14. The quantitative estimate of drug-likeness (QED) is 0.527. The van der Waals surface area contributed by atoms with E-state index in [0.29, 0.717) is 10.7 Å². The van der Waals surface area contributed by atoms with Gasteiger partial charge in [-0.2, -0.15) is 0 Å². The lowest BCUT2D eigenvalue weighted by Gasteiger charge is -2.39. The number of aromatic nitrogens is 3. The smallest absolute Gasteiger partial charge is 0.255 e. The summed E-state index contributed by atoms with van der Waals surface area (Å²) in [5.41, 5.74) is 0.486. The van der Waals surface area contributed by atoms with Crippen molar-refractivity contribution in [2.45, 2.75) is 30.8 Å². The molecule has 4 atom stereocenters. The summed E-state index contributed by atoms with van der Waals surface area (Å²) < 4.78 is 47.4. The fourth-order valence-electron chi connectivity index (χ4n) is 3.83. The molecule has 4 rings (SSSR count). The van der Waals surface area contributed by atoms with Crippen molar-refractivity contribution in [1.29, 1.82) is 0 Å². The Labute approximate surface area is 197 Å². The van der Waals surface area contributed by atoms with E-state index in [1.54, 1.807) is 24.3 Å². The fraction of sp³-hybridized carbons (Fsp3) is 0.318. The molecule has 2 heterocycles. The van der Waals surface area contributed by atoms with Gasteiger partial charge in [-0.25, -0.2) is 17.9 Å². The third-order valence-corrected chi connectivity index (χ3v) is 5.92. The molecule has 1 saturated heterocycles. The van der Waals surface area contributed by atoms with Crippen LogP contribution >= 0.6 is 11.6 Å². The molecule has 0 spiro atoms. The fourth-order valence-corrected chi connectivity index (χ4v) is 4.02. The van der Waals surface area contributed by atoms with E-state index >= 15 is 0 Å². The molecule has 2 N–H and O–H groups in total. The zero-order valence-corrected chi connectivity index (χ0v) is 18.5. The molecule has 180 valence electrons. The molecule has 0 saturated carbocycles. The van der Waals surface area contributed by atoms with E-state index in [1.807, 2.05) is 0 Å². The zero-order chi connectivity index (χ0) is 24.6. The van der Waals surface area contributed by atoms with E-state index in [0.717, 1.165) is 12.1 Å². The second kappa shape index (κ2) is 9.71. The number of carbonyl (C=O) groups is 1. The van der Waals surface area contributed by atoms with Gasteiger partial charge in [0.05, 0.1) is 18.8 Å². The van der Waals surface area contributed by atoms with Crippen molar-refractivity contribution in [3.8, 4) is 11.3 Å². The lowest BCUT2D eigenvalue weighted by molar-refractivity contribution is -0.169. The number of likely N-dealkylation sites (N-methyl/N-ethyl adjacent to an activating group) is 1. The van der Waals surface area contributed by atoms with Crippen molar-refractivity contribution in [2.24, 2.45) is 0 Å². The number of aliphatic hydroxyl groups is 2. The van der Waals surface area contributed by atoms with Crippen LogP contribution in [0.1, 0.15) is 12.5 Å². The molecule has 0 aliphatic carbocycles. The van der Waals surface area contributed by atoms with E-state index < -0.39 is 54.3 Å². The van der Waals surface area contributed by atoms with Crippen LogP contribution in [0.3, 0.4) is 0 Å². The van der Waals surface area contributed by atoms with Crippen LogP contribution in [-0.2, 0) is 9.53 Å². The Bertz CT molecular complexity index is 1190. The normalized spacial score (nSPS) is 22.6. The van der Waals surface area contributed by atoms with Crippen molar-refractivity contribution < 1.29 is 32.9 Å². The predicted molar refractivity (Wildman–Crippen MR) is 116 cm³/mol. The zero-order valence-electron chi connectivity index (χ0n) is 17.8. The van der Waals surface area contributed by atoms with Gasteiger partial charge in [0.1, 0.15) is 24.0 Å². The first-order valence-electron chi connectivity index (χ1n) is 10.2. The van der Waals surface area contributed by atoms with E-state index in [-0.39, 0.29) is 17.7 Å². The highest BCUT2D eigenvalue weighted by Crippen LogP contribution is 2.32. The summed E-state index contributed by atoms with van der Waals surface area (Å²) in [5, 5.41) is 28.6.